The Balaban J connectivity index is 0.000000613. The van der Waals surface area contributed by atoms with Crippen molar-refractivity contribution in [3.63, 3.8) is 0 Å². The highest BCUT2D eigenvalue weighted by Gasteiger charge is 2.35. The van der Waals surface area contributed by atoms with Gasteiger partial charge in [-0.2, -0.15) is 20.4 Å². The zero-order valence-corrected chi connectivity index (χ0v) is 49.3. The van der Waals surface area contributed by atoms with E-state index < -0.39 is 14.2 Å². The molecule has 0 saturated carbocycles. The Kier molecular flexibility index (Phi) is 21.7. The van der Waals surface area contributed by atoms with Gasteiger partial charge in [0.1, 0.15) is 0 Å². The molecule has 70 heavy (non-hydrogen) atoms. The fourth-order valence-electron chi connectivity index (χ4n) is 6.39. The molecule has 0 atom stereocenters. The number of H-pyrrole nitrogens is 2. The molecule has 394 valence electrons. The number of rotatable bonds is 6. The number of nitrogens with one attached hydrogen (secondary N) is 2. The molecule has 0 aliphatic carbocycles. The summed E-state index contributed by atoms with van der Waals surface area (Å²) in [6, 6.07) is 0. The van der Waals surface area contributed by atoms with E-state index in [1.54, 1.807) is 0 Å². The van der Waals surface area contributed by atoms with E-state index in [1.807, 2.05) is 69.1 Å². The van der Waals surface area contributed by atoms with Crippen LogP contribution in [0.2, 0.25) is 0 Å². The van der Waals surface area contributed by atoms with Gasteiger partial charge in [-0.1, -0.05) is 125 Å². The summed E-state index contributed by atoms with van der Waals surface area (Å²) >= 11 is 19.1. The van der Waals surface area contributed by atoms with E-state index in [-0.39, 0.29) is 54.1 Å². The Bertz CT molecular complexity index is 2140. The molecule has 0 fully saturated rings. The standard InChI is InChI=1S/2C21H37BN9.2CH2Cl2.2H2O/c2*1-13-23-16(19(4,5)6)26-29(13)22(30-14(2)24-17(27-30)20(7,8)9)31-15(3)25-18(28-31)21(10,11)12;2*2-1-3;;/h2*1-12H3,(H,23,26);2*1H2;2*1H2. The fourth-order valence-corrected chi connectivity index (χ4v) is 6.39. The highest BCUT2D eigenvalue weighted by atomic mass is 35.5. The molecule has 6 aromatic rings. The van der Waals surface area contributed by atoms with Gasteiger partial charge in [0.05, 0.1) is 34.0 Å². The lowest BCUT2D eigenvalue weighted by Gasteiger charge is -2.26. The van der Waals surface area contributed by atoms with Crippen LogP contribution in [0.25, 0.3) is 0 Å². The number of alkyl halides is 4. The Labute approximate surface area is 436 Å². The first-order valence-corrected chi connectivity index (χ1v) is 24.9. The number of hydrogen-bond acceptors (Lipinski definition) is 10. The van der Waals surface area contributed by atoms with E-state index in [0.29, 0.717) is 0 Å². The predicted molar refractivity (Wildman–Crippen MR) is 283 cm³/mol. The second-order valence-corrected chi connectivity index (χ2v) is 24.7. The van der Waals surface area contributed by atoms with E-state index >= 15 is 0 Å². The number of halogens is 4. The maximum Gasteiger partial charge on any atom is 0.391 e. The first kappa shape index (κ1) is 64.1. The van der Waals surface area contributed by atoms with Gasteiger partial charge in [0.2, 0.25) is 0 Å². The van der Waals surface area contributed by atoms with Crippen LogP contribution in [0.4, 0.5) is 0 Å². The van der Waals surface area contributed by atoms with Crippen molar-refractivity contribution < 1.29 is 20.1 Å². The minimum Gasteiger partial charge on any atom is -0.412 e. The van der Waals surface area contributed by atoms with Gasteiger partial charge in [0.15, 0.2) is 23.3 Å². The lowest BCUT2D eigenvalue weighted by molar-refractivity contribution is -0.615. The molecule has 0 unspecified atom stereocenters. The first-order valence-electron chi connectivity index (χ1n) is 22.8. The van der Waals surface area contributed by atoms with Gasteiger partial charge >= 0.3 is 14.2 Å². The van der Waals surface area contributed by atoms with Crippen LogP contribution < -0.4 is 9.19 Å². The van der Waals surface area contributed by atoms with Gasteiger partial charge in [-0.05, 0) is 37.7 Å². The van der Waals surface area contributed by atoms with Crippen molar-refractivity contribution >= 4 is 60.6 Å². The van der Waals surface area contributed by atoms with Crippen LogP contribution >= 0.6 is 46.4 Å². The quantitative estimate of drug-likeness (QED) is 0.136. The van der Waals surface area contributed by atoms with Gasteiger partial charge in [-0.25, -0.2) is 30.1 Å². The molecule has 20 nitrogen and oxygen atoms in total. The molecule has 0 aliphatic rings. The molecular formula is C44H82B2Cl4N18O2. The molecular weight excluding hydrogens is 976 g/mol. The monoisotopic (exact) mass is 1060 g/mol. The second-order valence-electron chi connectivity index (χ2n) is 23.1. The Morgan fingerprint density at radius 1 is 0.371 bits per heavy atom. The summed E-state index contributed by atoms with van der Waals surface area (Å²) in [4.78, 5) is 28.7. The third kappa shape index (κ3) is 15.5. The lowest BCUT2D eigenvalue weighted by atomic mass is 9.93. The van der Waals surface area contributed by atoms with Crippen LogP contribution in [0.5, 0.6) is 0 Å². The average Bonchev–Trinajstić information content (AvgIpc) is 4.02. The van der Waals surface area contributed by atoms with Crippen LogP contribution in [0.15, 0.2) is 0 Å². The molecule has 6 N–H and O–H groups in total. The largest absolute Gasteiger partial charge is 0.412 e. The van der Waals surface area contributed by atoms with Crippen molar-refractivity contribution in [2.45, 2.75) is 199 Å². The van der Waals surface area contributed by atoms with Gasteiger partial charge < -0.3 is 38.5 Å². The van der Waals surface area contributed by atoms with Crippen LogP contribution in [0.3, 0.4) is 0 Å². The fraction of sp³-hybridized carbons (Fsp3) is 0.727. The zero-order chi connectivity index (χ0) is 52.4. The topological polar surface area (TPSA) is 251 Å². The Morgan fingerprint density at radius 3 is 0.686 bits per heavy atom. The Hall–Kier alpha value is -3.95. The summed E-state index contributed by atoms with van der Waals surface area (Å²) < 4.78 is 11.6. The molecule has 0 aromatic carbocycles. The van der Waals surface area contributed by atoms with Crippen molar-refractivity contribution in [2.75, 3.05) is 10.7 Å². The van der Waals surface area contributed by atoms with Crippen LogP contribution in [-0.2, 0) is 32.5 Å². The van der Waals surface area contributed by atoms with Crippen molar-refractivity contribution in [3.05, 3.63) is 69.9 Å². The van der Waals surface area contributed by atoms with Crippen LogP contribution in [0.1, 0.15) is 195 Å². The van der Waals surface area contributed by atoms with Gasteiger partial charge in [0.25, 0.3) is 23.3 Å². The molecule has 0 spiro atoms. The minimum atomic E-state index is -0.434. The van der Waals surface area contributed by atoms with Gasteiger partial charge in [-0.3, -0.25) is 0 Å². The third-order valence-corrected chi connectivity index (χ3v) is 10.3. The zero-order valence-electron chi connectivity index (χ0n) is 46.2. The highest BCUT2D eigenvalue weighted by molar-refractivity contribution is 6.45. The molecule has 0 bridgehead atoms. The predicted octanol–water partition coefficient (Wildman–Crippen LogP) is 6.45. The summed E-state index contributed by atoms with van der Waals surface area (Å²) in [5.74, 6) is 9.87. The lowest BCUT2D eigenvalue weighted by Crippen LogP contribution is -2.65. The van der Waals surface area contributed by atoms with Crippen LogP contribution in [-0.4, -0.2) is 115 Å². The molecule has 6 heterocycles. The summed E-state index contributed by atoms with van der Waals surface area (Å²) in [6.45, 7) is 50.1. The SMILES string of the molecule is Cc1nc(C(C)(C)C)nn1[B-](n1nc(C(C)(C)C)nc1C)[n+]1[nH]c(C(C)(C)C)nc1C.Cc1nc(C(C)(C)C)nn1[B-](n1nc(C(C)(C)C)nc1C)[n+]1[nH]c(C(C)(C)C)nc1C.ClCCl.ClCCl.O.O. The number of aromatic nitrogens is 18. The molecule has 6 rings (SSSR count). The second kappa shape index (κ2) is 23.7. The minimum absolute atomic E-state index is 0. The van der Waals surface area contributed by atoms with Crippen molar-refractivity contribution in [1.82, 2.24) is 78.9 Å². The molecule has 0 saturated heterocycles. The maximum atomic E-state index is 4.91. The molecule has 26 heteroatoms. The van der Waals surface area contributed by atoms with Crippen molar-refractivity contribution in [3.8, 4) is 0 Å². The smallest absolute Gasteiger partial charge is 0.391 e. The third-order valence-electron chi connectivity index (χ3n) is 10.3. The number of aryl methyl sites for hydroxylation is 6. The van der Waals surface area contributed by atoms with E-state index in [4.69, 9.17) is 96.7 Å². The average molecular weight is 1060 g/mol. The van der Waals surface area contributed by atoms with E-state index in [0.717, 1.165) is 69.9 Å². The summed E-state index contributed by atoms with van der Waals surface area (Å²) in [5, 5.41) is 27.0. The number of aromatic amines is 2. The Morgan fingerprint density at radius 2 is 0.557 bits per heavy atom. The van der Waals surface area contributed by atoms with E-state index in [2.05, 4.69) is 135 Å². The molecule has 2 radical (unpaired) electrons. The number of nitrogens with zero attached hydrogens (tertiary/aromatic N) is 16. The number of hydrogen-bond donors (Lipinski definition) is 2. The maximum absolute atomic E-state index is 4.91. The van der Waals surface area contributed by atoms with E-state index in [1.165, 1.54) is 0 Å². The van der Waals surface area contributed by atoms with Gasteiger partial charge in [0, 0.05) is 46.3 Å². The highest BCUT2D eigenvalue weighted by Crippen LogP contribution is 2.24. The normalized spacial score (nSPS) is 12.4. The summed E-state index contributed by atoms with van der Waals surface area (Å²) in [5.41, 5.74) is -0.916. The van der Waals surface area contributed by atoms with E-state index in [9.17, 15) is 0 Å². The molecule has 0 amide bonds. The van der Waals surface area contributed by atoms with Crippen LogP contribution in [0, 0.1) is 41.5 Å². The molecule has 6 aromatic heterocycles. The summed E-state index contributed by atoms with van der Waals surface area (Å²) in [6.07, 6.45) is 0. The van der Waals surface area contributed by atoms with Crippen molar-refractivity contribution in [1.29, 1.82) is 0 Å². The summed E-state index contributed by atoms with van der Waals surface area (Å²) in [7, 11) is -0.869. The van der Waals surface area contributed by atoms with Crippen molar-refractivity contribution in [2.24, 2.45) is 0 Å². The first-order chi connectivity index (χ1) is 30.8. The van der Waals surface area contributed by atoms with Gasteiger partial charge in [-0.15, -0.1) is 46.4 Å². The molecule has 0 aliphatic heterocycles.